The Labute approximate surface area is 205 Å². The Morgan fingerprint density at radius 1 is 1.00 bits per heavy atom. The minimum Gasteiger partial charge on any atom is -0.344 e. The molecule has 0 bridgehead atoms. The Kier molecular flexibility index (Phi) is 6.91. The van der Waals surface area contributed by atoms with Crippen molar-refractivity contribution in [3.05, 3.63) is 96.2 Å². The highest BCUT2D eigenvalue weighted by Gasteiger charge is 2.21. The van der Waals surface area contributed by atoms with E-state index in [4.69, 9.17) is 0 Å². The molecule has 0 N–H and O–H groups in total. The maximum Gasteiger partial charge on any atom is 0.231 e. The standard InChI is InChI=1S/C29H31FN4O/c1-32(26-8-14-31-15-9-26)29(35)21-23-2-5-24-11-19-34(28(24)20-23)27-12-17-33(18-13-27)16-10-22-3-6-25(30)7-4-22/h2-9,11,14-15,19-20,27H,10,12-13,16-18,21H2,1H3. The number of carbonyl (C=O) groups is 1. The van der Waals surface area contributed by atoms with E-state index in [2.05, 4.69) is 44.9 Å². The van der Waals surface area contributed by atoms with E-state index in [1.807, 2.05) is 31.3 Å². The molecule has 5 nitrogen and oxygen atoms in total. The van der Waals surface area contributed by atoms with E-state index in [9.17, 15) is 9.18 Å². The predicted molar refractivity (Wildman–Crippen MR) is 138 cm³/mol. The molecule has 0 atom stereocenters. The molecule has 5 rings (SSSR count). The van der Waals surface area contributed by atoms with Gasteiger partial charge in [-0.25, -0.2) is 4.39 Å². The van der Waals surface area contributed by atoms with Gasteiger partial charge in [-0.1, -0.05) is 24.3 Å². The summed E-state index contributed by atoms with van der Waals surface area (Å²) in [5.74, 6) is -0.120. The van der Waals surface area contributed by atoms with E-state index >= 15 is 0 Å². The quantitative estimate of drug-likeness (QED) is 0.370. The lowest BCUT2D eigenvalue weighted by atomic mass is 10.0. The van der Waals surface area contributed by atoms with E-state index in [0.29, 0.717) is 12.5 Å². The van der Waals surface area contributed by atoms with Crippen molar-refractivity contribution < 1.29 is 9.18 Å². The Bertz CT molecular complexity index is 1280. The van der Waals surface area contributed by atoms with Crippen LogP contribution in [-0.2, 0) is 17.6 Å². The van der Waals surface area contributed by atoms with Gasteiger partial charge in [-0.05, 0) is 72.2 Å². The van der Waals surface area contributed by atoms with Gasteiger partial charge in [0.05, 0.1) is 6.42 Å². The van der Waals surface area contributed by atoms with Gasteiger partial charge in [-0.15, -0.1) is 0 Å². The summed E-state index contributed by atoms with van der Waals surface area (Å²) in [5.41, 5.74) is 4.26. The van der Waals surface area contributed by atoms with Crippen LogP contribution in [0.4, 0.5) is 10.1 Å². The molecule has 0 spiro atoms. The second-order valence-electron chi connectivity index (χ2n) is 9.40. The summed E-state index contributed by atoms with van der Waals surface area (Å²) in [6.07, 6.45) is 9.10. The molecule has 1 aliphatic heterocycles. The maximum atomic E-state index is 13.1. The van der Waals surface area contributed by atoms with Crippen molar-refractivity contribution in [2.75, 3.05) is 31.6 Å². The number of rotatable bonds is 7. The Morgan fingerprint density at radius 2 is 1.71 bits per heavy atom. The second-order valence-corrected chi connectivity index (χ2v) is 9.40. The summed E-state index contributed by atoms with van der Waals surface area (Å²) >= 11 is 0. The lowest BCUT2D eigenvalue weighted by Crippen LogP contribution is -2.35. The molecule has 2 aromatic carbocycles. The van der Waals surface area contributed by atoms with Gasteiger partial charge in [0, 0.05) is 62.5 Å². The minimum atomic E-state index is -0.179. The summed E-state index contributed by atoms with van der Waals surface area (Å²) in [6, 6.07) is 19.5. The number of aromatic nitrogens is 2. The van der Waals surface area contributed by atoms with Crippen LogP contribution in [0.3, 0.4) is 0 Å². The number of halogens is 1. The van der Waals surface area contributed by atoms with Crippen LogP contribution in [0.1, 0.15) is 30.0 Å². The average Bonchev–Trinajstić information content (AvgIpc) is 3.32. The van der Waals surface area contributed by atoms with Gasteiger partial charge in [0.2, 0.25) is 5.91 Å². The highest BCUT2D eigenvalue weighted by Crippen LogP contribution is 2.29. The number of benzene rings is 2. The molecule has 1 aliphatic rings. The van der Waals surface area contributed by atoms with Crippen LogP contribution in [0, 0.1) is 5.82 Å². The van der Waals surface area contributed by atoms with Crippen molar-refractivity contribution in [1.29, 1.82) is 0 Å². The first kappa shape index (κ1) is 23.2. The van der Waals surface area contributed by atoms with Crippen LogP contribution in [-0.4, -0.2) is 47.0 Å². The number of anilines is 1. The predicted octanol–water partition coefficient (Wildman–Crippen LogP) is 5.26. The van der Waals surface area contributed by atoms with Crippen LogP contribution in [0.25, 0.3) is 10.9 Å². The SMILES string of the molecule is CN(C(=O)Cc1ccc2ccn(C3CCN(CCc4ccc(F)cc4)CC3)c2c1)c1ccncc1. The summed E-state index contributed by atoms with van der Waals surface area (Å²) in [4.78, 5) is 21.1. The number of likely N-dealkylation sites (tertiary alicyclic amines) is 1. The summed E-state index contributed by atoms with van der Waals surface area (Å²) in [7, 11) is 1.81. The zero-order chi connectivity index (χ0) is 24.2. The van der Waals surface area contributed by atoms with Gasteiger partial charge in [0.1, 0.15) is 5.82 Å². The van der Waals surface area contributed by atoms with Crippen LogP contribution < -0.4 is 4.90 Å². The molecule has 1 fully saturated rings. The Balaban J connectivity index is 1.21. The Morgan fingerprint density at radius 3 is 2.46 bits per heavy atom. The summed E-state index contributed by atoms with van der Waals surface area (Å²) in [6.45, 7) is 3.11. The van der Waals surface area contributed by atoms with Crippen molar-refractivity contribution >= 4 is 22.5 Å². The van der Waals surface area contributed by atoms with E-state index in [1.54, 1.807) is 17.3 Å². The van der Waals surface area contributed by atoms with Crippen molar-refractivity contribution in [2.24, 2.45) is 0 Å². The molecule has 180 valence electrons. The first-order valence-electron chi connectivity index (χ1n) is 12.3. The number of piperidine rings is 1. The molecule has 2 aromatic heterocycles. The molecular formula is C29H31FN4O. The third kappa shape index (κ3) is 5.43. The Hall–Kier alpha value is -3.51. The first-order chi connectivity index (χ1) is 17.1. The van der Waals surface area contributed by atoms with E-state index in [0.717, 1.165) is 50.1 Å². The van der Waals surface area contributed by atoms with Crippen molar-refractivity contribution in [1.82, 2.24) is 14.5 Å². The van der Waals surface area contributed by atoms with Gasteiger partial charge in [0.25, 0.3) is 0 Å². The van der Waals surface area contributed by atoms with Gasteiger partial charge in [0.15, 0.2) is 0 Å². The molecule has 0 saturated carbocycles. The number of pyridine rings is 1. The number of amides is 1. The van der Waals surface area contributed by atoms with Gasteiger partial charge in [-0.3, -0.25) is 9.78 Å². The molecule has 1 saturated heterocycles. The summed E-state index contributed by atoms with van der Waals surface area (Å²) < 4.78 is 15.5. The van der Waals surface area contributed by atoms with Crippen LogP contribution >= 0.6 is 0 Å². The molecular weight excluding hydrogens is 439 g/mol. The highest BCUT2D eigenvalue weighted by atomic mass is 19.1. The van der Waals surface area contributed by atoms with Gasteiger partial charge in [-0.2, -0.15) is 0 Å². The first-order valence-corrected chi connectivity index (χ1v) is 12.3. The number of hydrogen-bond donors (Lipinski definition) is 0. The van der Waals surface area contributed by atoms with Crippen molar-refractivity contribution in [3.8, 4) is 0 Å². The molecule has 35 heavy (non-hydrogen) atoms. The molecule has 3 heterocycles. The van der Waals surface area contributed by atoms with Gasteiger partial charge < -0.3 is 14.4 Å². The van der Waals surface area contributed by atoms with Gasteiger partial charge >= 0.3 is 0 Å². The molecule has 6 heteroatoms. The van der Waals surface area contributed by atoms with Crippen molar-refractivity contribution in [3.63, 3.8) is 0 Å². The molecule has 0 aliphatic carbocycles. The monoisotopic (exact) mass is 470 g/mol. The largest absolute Gasteiger partial charge is 0.344 e. The molecule has 1 amide bonds. The lowest BCUT2D eigenvalue weighted by molar-refractivity contribution is -0.117. The third-order valence-corrected chi connectivity index (χ3v) is 7.15. The average molecular weight is 471 g/mol. The third-order valence-electron chi connectivity index (χ3n) is 7.15. The van der Waals surface area contributed by atoms with Crippen LogP contribution in [0.5, 0.6) is 0 Å². The smallest absolute Gasteiger partial charge is 0.231 e. The number of nitrogens with zero attached hydrogens (tertiary/aromatic N) is 4. The lowest BCUT2D eigenvalue weighted by Gasteiger charge is -2.33. The number of likely N-dealkylation sites (N-methyl/N-ethyl adjacent to an activating group) is 1. The second kappa shape index (κ2) is 10.4. The minimum absolute atomic E-state index is 0.0584. The normalized spacial score (nSPS) is 14.9. The zero-order valence-electron chi connectivity index (χ0n) is 20.1. The van der Waals surface area contributed by atoms with Crippen LogP contribution in [0.15, 0.2) is 79.3 Å². The molecule has 4 aromatic rings. The number of hydrogen-bond acceptors (Lipinski definition) is 3. The molecule has 0 unspecified atom stereocenters. The van der Waals surface area contributed by atoms with E-state index < -0.39 is 0 Å². The number of fused-ring (bicyclic) bond motifs is 1. The van der Waals surface area contributed by atoms with E-state index in [1.165, 1.54) is 28.6 Å². The fourth-order valence-electron chi connectivity index (χ4n) is 4.99. The zero-order valence-corrected chi connectivity index (χ0v) is 20.1. The van der Waals surface area contributed by atoms with Crippen LogP contribution in [0.2, 0.25) is 0 Å². The topological polar surface area (TPSA) is 41.4 Å². The van der Waals surface area contributed by atoms with Crippen molar-refractivity contribution in [2.45, 2.75) is 31.7 Å². The molecule has 0 radical (unpaired) electrons. The fourth-order valence-corrected chi connectivity index (χ4v) is 4.99. The highest BCUT2D eigenvalue weighted by molar-refractivity contribution is 5.94. The number of carbonyl (C=O) groups excluding carboxylic acids is 1. The fraction of sp³-hybridized carbons (Fsp3) is 0.310. The maximum absolute atomic E-state index is 13.1. The van der Waals surface area contributed by atoms with E-state index in [-0.39, 0.29) is 11.7 Å². The summed E-state index contributed by atoms with van der Waals surface area (Å²) in [5, 5.41) is 1.21.